The summed E-state index contributed by atoms with van der Waals surface area (Å²) in [5, 5.41) is 17.6. The van der Waals surface area contributed by atoms with Crippen LogP contribution in [0.15, 0.2) is 0 Å². The number of carbonyl (C=O) groups excluding carboxylic acids is 1. The fourth-order valence-electron chi connectivity index (χ4n) is 2.10. The molecule has 0 aliphatic carbocycles. The van der Waals surface area contributed by atoms with Crippen LogP contribution in [-0.2, 0) is 14.4 Å². The average Bonchev–Trinajstić information content (AvgIpc) is 2.67. The van der Waals surface area contributed by atoms with Crippen molar-refractivity contribution < 1.29 is 24.6 Å². The highest BCUT2D eigenvalue weighted by atomic mass is 16.4. The summed E-state index contributed by atoms with van der Waals surface area (Å²) < 4.78 is 0. The molecule has 3 atom stereocenters. The summed E-state index contributed by atoms with van der Waals surface area (Å²) in [6.07, 6.45) is 0.418. The molecule has 7 nitrogen and oxygen atoms in total. The maximum Gasteiger partial charge on any atom is 0.326 e. The molecule has 7 heteroatoms. The van der Waals surface area contributed by atoms with Crippen LogP contribution >= 0.6 is 0 Å². The van der Waals surface area contributed by atoms with Gasteiger partial charge < -0.3 is 20.8 Å². The average molecular weight is 258 g/mol. The SMILES string of the molecule is C[C@@H]1C[C@@H](C(=O)O)N(C(=O)CC[C@H](N)C(=O)O)C1. The van der Waals surface area contributed by atoms with E-state index >= 15 is 0 Å². The molecule has 4 N–H and O–H groups in total. The summed E-state index contributed by atoms with van der Waals surface area (Å²) >= 11 is 0. The van der Waals surface area contributed by atoms with Gasteiger partial charge in [0.15, 0.2) is 0 Å². The van der Waals surface area contributed by atoms with E-state index in [2.05, 4.69) is 0 Å². The van der Waals surface area contributed by atoms with Gasteiger partial charge in [-0.15, -0.1) is 0 Å². The first kappa shape index (κ1) is 14.4. The fraction of sp³-hybridized carbons (Fsp3) is 0.727. The second-order valence-electron chi connectivity index (χ2n) is 4.72. The van der Waals surface area contributed by atoms with Crippen molar-refractivity contribution in [3.63, 3.8) is 0 Å². The first-order valence-electron chi connectivity index (χ1n) is 5.83. The van der Waals surface area contributed by atoms with Crippen molar-refractivity contribution in [1.29, 1.82) is 0 Å². The number of carbonyl (C=O) groups is 3. The van der Waals surface area contributed by atoms with E-state index in [1.54, 1.807) is 0 Å². The van der Waals surface area contributed by atoms with Gasteiger partial charge >= 0.3 is 11.9 Å². The molecule has 18 heavy (non-hydrogen) atoms. The number of aliphatic carboxylic acids is 2. The number of nitrogens with zero attached hydrogens (tertiary/aromatic N) is 1. The van der Waals surface area contributed by atoms with Gasteiger partial charge in [-0.3, -0.25) is 9.59 Å². The van der Waals surface area contributed by atoms with E-state index in [4.69, 9.17) is 15.9 Å². The summed E-state index contributed by atoms with van der Waals surface area (Å²) in [5.41, 5.74) is 5.30. The number of hydrogen-bond acceptors (Lipinski definition) is 4. The van der Waals surface area contributed by atoms with Crippen molar-refractivity contribution >= 4 is 17.8 Å². The molecule has 1 rings (SSSR count). The molecule has 0 aromatic rings. The number of carboxylic acids is 2. The molecule has 0 spiro atoms. The Morgan fingerprint density at radius 3 is 2.50 bits per heavy atom. The summed E-state index contributed by atoms with van der Waals surface area (Å²) in [4.78, 5) is 34.7. The highest BCUT2D eigenvalue weighted by molar-refractivity contribution is 5.84. The number of hydrogen-bond donors (Lipinski definition) is 3. The van der Waals surface area contributed by atoms with Gasteiger partial charge in [-0.25, -0.2) is 4.79 Å². The lowest BCUT2D eigenvalue weighted by atomic mass is 10.1. The number of likely N-dealkylation sites (tertiary alicyclic amines) is 1. The topological polar surface area (TPSA) is 121 Å². The van der Waals surface area contributed by atoms with Crippen LogP contribution in [0.1, 0.15) is 26.2 Å². The zero-order chi connectivity index (χ0) is 13.9. The second kappa shape index (κ2) is 5.81. The van der Waals surface area contributed by atoms with E-state index in [9.17, 15) is 14.4 Å². The van der Waals surface area contributed by atoms with Crippen LogP contribution in [-0.4, -0.2) is 51.6 Å². The molecule has 1 saturated heterocycles. The van der Waals surface area contributed by atoms with Gasteiger partial charge in [-0.2, -0.15) is 0 Å². The van der Waals surface area contributed by atoms with Crippen LogP contribution in [0.3, 0.4) is 0 Å². The molecule has 0 saturated carbocycles. The third kappa shape index (κ3) is 3.43. The maximum atomic E-state index is 11.8. The van der Waals surface area contributed by atoms with E-state index in [1.165, 1.54) is 4.90 Å². The molecule has 1 fully saturated rings. The Balaban J connectivity index is 2.55. The van der Waals surface area contributed by atoms with Crippen LogP contribution in [0, 0.1) is 5.92 Å². The molecule has 1 amide bonds. The normalized spacial score (nSPS) is 24.9. The van der Waals surface area contributed by atoms with Gasteiger partial charge in [0.05, 0.1) is 0 Å². The monoisotopic (exact) mass is 258 g/mol. The quantitative estimate of drug-likeness (QED) is 0.611. The smallest absolute Gasteiger partial charge is 0.326 e. The molecule has 102 valence electrons. The second-order valence-corrected chi connectivity index (χ2v) is 4.72. The molecular formula is C11H18N2O5. The highest BCUT2D eigenvalue weighted by Crippen LogP contribution is 2.24. The Kier molecular flexibility index (Phi) is 4.66. The van der Waals surface area contributed by atoms with Crippen LogP contribution in [0.2, 0.25) is 0 Å². The number of nitrogens with two attached hydrogens (primary N) is 1. The Hall–Kier alpha value is -1.63. The highest BCUT2D eigenvalue weighted by Gasteiger charge is 2.37. The van der Waals surface area contributed by atoms with Crippen LogP contribution in [0.5, 0.6) is 0 Å². The van der Waals surface area contributed by atoms with Crippen molar-refractivity contribution in [1.82, 2.24) is 4.90 Å². The van der Waals surface area contributed by atoms with E-state index in [-0.39, 0.29) is 24.7 Å². The standard InChI is InChI=1S/C11H18N2O5/c1-6-4-8(11(17)18)13(5-6)9(14)3-2-7(12)10(15)16/h6-8H,2-5,12H2,1H3,(H,15,16)(H,17,18)/t6-,7+,8+/m1/s1. The molecule has 0 aromatic heterocycles. The minimum Gasteiger partial charge on any atom is -0.480 e. The van der Waals surface area contributed by atoms with Gasteiger partial charge in [0, 0.05) is 13.0 Å². The lowest BCUT2D eigenvalue weighted by Gasteiger charge is -2.21. The number of rotatable bonds is 5. The molecule has 0 unspecified atom stereocenters. The van der Waals surface area contributed by atoms with Crippen molar-refractivity contribution in [2.45, 2.75) is 38.3 Å². The van der Waals surface area contributed by atoms with Gasteiger partial charge in [-0.05, 0) is 18.8 Å². The van der Waals surface area contributed by atoms with Crippen molar-refractivity contribution in [3.05, 3.63) is 0 Å². The van der Waals surface area contributed by atoms with Crippen molar-refractivity contribution in [2.24, 2.45) is 11.7 Å². The largest absolute Gasteiger partial charge is 0.480 e. The zero-order valence-electron chi connectivity index (χ0n) is 10.2. The minimum absolute atomic E-state index is 0.0192. The van der Waals surface area contributed by atoms with Gasteiger partial charge in [-0.1, -0.05) is 6.92 Å². The summed E-state index contributed by atoms with van der Waals surface area (Å²) in [7, 11) is 0. The number of carboxylic acid groups (broad SMARTS) is 2. The van der Waals surface area contributed by atoms with Crippen molar-refractivity contribution in [2.75, 3.05) is 6.54 Å². The van der Waals surface area contributed by atoms with Gasteiger partial charge in [0.1, 0.15) is 12.1 Å². The molecule has 1 heterocycles. The predicted molar refractivity (Wildman–Crippen MR) is 61.8 cm³/mol. The first-order valence-corrected chi connectivity index (χ1v) is 5.83. The van der Waals surface area contributed by atoms with E-state index in [1.807, 2.05) is 6.92 Å². The lowest BCUT2D eigenvalue weighted by Crippen LogP contribution is -2.41. The van der Waals surface area contributed by atoms with E-state index in [0.29, 0.717) is 13.0 Å². The molecule has 0 bridgehead atoms. The maximum absolute atomic E-state index is 11.8. The van der Waals surface area contributed by atoms with E-state index in [0.717, 1.165) is 0 Å². The fourth-order valence-corrected chi connectivity index (χ4v) is 2.10. The molecule has 0 aromatic carbocycles. The van der Waals surface area contributed by atoms with Gasteiger partial charge in [0.25, 0.3) is 0 Å². The lowest BCUT2D eigenvalue weighted by molar-refractivity contribution is -0.148. The van der Waals surface area contributed by atoms with E-state index < -0.39 is 24.0 Å². The van der Waals surface area contributed by atoms with Gasteiger partial charge in [0.2, 0.25) is 5.91 Å². The molecule has 0 radical (unpaired) electrons. The van der Waals surface area contributed by atoms with Crippen LogP contribution in [0.25, 0.3) is 0 Å². The van der Waals surface area contributed by atoms with Crippen molar-refractivity contribution in [3.8, 4) is 0 Å². The van der Waals surface area contributed by atoms with Crippen LogP contribution < -0.4 is 5.73 Å². The number of amides is 1. The van der Waals surface area contributed by atoms with Crippen LogP contribution in [0.4, 0.5) is 0 Å². The Bertz CT molecular complexity index is 357. The third-order valence-corrected chi connectivity index (χ3v) is 3.10. The summed E-state index contributed by atoms with van der Waals surface area (Å²) in [6, 6.07) is -1.88. The summed E-state index contributed by atoms with van der Waals surface area (Å²) in [5.74, 6) is -2.38. The molecule has 1 aliphatic rings. The zero-order valence-corrected chi connectivity index (χ0v) is 10.2. The molecule has 1 aliphatic heterocycles. The minimum atomic E-state index is -1.16. The predicted octanol–water partition coefficient (Wildman–Crippen LogP) is -0.500. The Morgan fingerprint density at radius 1 is 1.39 bits per heavy atom. The first-order chi connectivity index (χ1) is 8.32. The molecular weight excluding hydrogens is 240 g/mol. The Morgan fingerprint density at radius 2 is 2.00 bits per heavy atom. The Labute approximate surface area is 105 Å². The third-order valence-electron chi connectivity index (χ3n) is 3.10. The summed E-state index contributed by atoms with van der Waals surface area (Å²) in [6.45, 7) is 2.28.